The Kier molecular flexibility index (Phi) is 5.89. The van der Waals surface area contributed by atoms with Crippen LogP contribution in [0.3, 0.4) is 0 Å². The largest absolute Gasteiger partial charge is 0.376 e. The normalized spacial score (nSPS) is 19.9. The summed E-state index contributed by atoms with van der Waals surface area (Å²) in [6.45, 7) is 1.42. The van der Waals surface area contributed by atoms with Gasteiger partial charge < -0.3 is 15.0 Å². The van der Waals surface area contributed by atoms with Gasteiger partial charge in [0.15, 0.2) is 11.0 Å². The minimum atomic E-state index is -0.710. The second kappa shape index (κ2) is 8.96. The fraction of sp³-hybridized carbons (Fsp3) is 0.478. The molecule has 1 saturated heterocycles. The first-order valence-corrected chi connectivity index (χ1v) is 12.1. The molecule has 166 valence electrons. The number of nitrogens with zero attached hydrogens (tertiary/aromatic N) is 4. The molecule has 32 heavy (non-hydrogen) atoms. The number of hydrogen-bond donors (Lipinski definition) is 2. The lowest BCUT2D eigenvalue weighted by Crippen LogP contribution is -2.45. The van der Waals surface area contributed by atoms with Gasteiger partial charge >= 0.3 is 0 Å². The van der Waals surface area contributed by atoms with Crippen molar-refractivity contribution >= 4 is 28.6 Å². The summed E-state index contributed by atoms with van der Waals surface area (Å²) in [6.07, 6.45) is 7.52. The Labute approximate surface area is 190 Å². The molecule has 2 aromatic heterocycles. The summed E-state index contributed by atoms with van der Waals surface area (Å²) >= 11 is 1.36. The van der Waals surface area contributed by atoms with E-state index in [1.807, 2.05) is 24.4 Å². The first kappa shape index (κ1) is 21.0. The van der Waals surface area contributed by atoms with E-state index in [9.17, 15) is 10.1 Å². The number of fused-ring (bicyclic) bond motifs is 1. The zero-order valence-electron chi connectivity index (χ0n) is 17.8. The van der Waals surface area contributed by atoms with E-state index in [1.54, 1.807) is 0 Å². The van der Waals surface area contributed by atoms with Crippen LogP contribution in [-0.2, 0) is 16.1 Å². The predicted molar refractivity (Wildman–Crippen MR) is 122 cm³/mol. The van der Waals surface area contributed by atoms with Gasteiger partial charge in [-0.2, -0.15) is 5.26 Å². The quantitative estimate of drug-likeness (QED) is 0.532. The highest BCUT2D eigenvalue weighted by Gasteiger charge is 2.35. The second-order valence-corrected chi connectivity index (χ2v) is 9.48. The van der Waals surface area contributed by atoms with E-state index in [-0.39, 0.29) is 17.8 Å². The number of carbonyl (C=O) groups is 1. The number of ether oxygens (including phenoxy) is 1. The van der Waals surface area contributed by atoms with E-state index >= 15 is 0 Å². The van der Waals surface area contributed by atoms with Gasteiger partial charge in [-0.05, 0) is 44.6 Å². The number of H-pyrrole nitrogens is 1. The lowest BCUT2D eigenvalue weighted by atomic mass is 10.0. The zero-order valence-corrected chi connectivity index (χ0v) is 18.7. The lowest BCUT2D eigenvalue weighted by Gasteiger charge is -2.21. The van der Waals surface area contributed by atoms with Gasteiger partial charge in [-0.15, -0.1) is 10.2 Å². The van der Waals surface area contributed by atoms with Crippen LogP contribution in [0.4, 0.5) is 0 Å². The number of carbonyl (C=O) groups excluding carboxylic acids is 1. The van der Waals surface area contributed by atoms with Crippen LogP contribution < -0.4 is 5.32 Å². The molecule has 0 bridgehead atoms. The molecule has 2 fully saturated rings. The average molecular weight is 451 g/mol. The molecule has 0 unspecified atom stereocenters. The molecule has 1 amide bonds. The fourth-order valence-electron chi connectivity index (χ4n) is 4.68. The van der Waals surface area contributed by atoms with Gasteiger partial charge in [0.2, 0.25) is 5.91 Å². The smallest absolute Gasteiger partial charge is 0.231 e. The number of aromatic amines is 1. The maximum absolute atomic E-state index is 12.6. The number of nitrogens with one attached hydrogen (secondary N) is 2. The van der Waals surface area contributed by atoms with Gasteiger partial charge in [0, 0.05) is 29.3 Å². The lowest BCUT2D eigenvalue weighted by molar-refractivity contribution is -0.119. The van der Waals surface area contributed by atoms with Crippen molar-refractivity contribution in [2.75, 3.05) is 12.4 Å². The summed E-state index contributed by atoms with van der Waals surface area (Å²) in [5.74, 6) is 0.824. The molecule has 1 aliphatic carbocycles. The third kappa shape index (κ3) is 4.12. The van der Waals surface area contributed by atoms with Crippen LogP contribution >= 0.6 is 11.8 Å². The van der Waals surface area contributed by atoms with Crippen LogP contribution in [0.15, 0.2) is 35.6 Å². The summed E-state index contributed by atoms with van der Waals surface area (Å²) in [6, 6.07) is 10.4. The van der Waals surface area contributed by atoms with Crippen molar-refractivity contribution in [1.29, 1.82) is 5.26 Å². The Morgan fingerprint density at radius 3 is 2.94 bits per heavy atom. The Bertz CT molecular complexity index is 1150. The van der Waals surface area contributed by atoms with Crippen molar-refractivity contribution < 1.29 is 9.53 Å². The minimum Gasteiger partial charge on any atom is -0.376 e. The number of rotatable bonds is 7. The average Bonchev–Trinajstić information content (AvgIpc) is 3.60. The van der Waals surface area contributed by atoms with Crippen molar-refractivity contribution in [3.05, 3.63) is 30.5 Å². The van der Waals surface area contributed by atoms with E-state index in [1.165, 1.54) is 11.8 Å². The number of para-hydroxylation sites is 1. The number of benzene rings is 1. The van der Waals surface area contributed by atoms with E-state index in [2.05, 4.69) is 37.2 Å². The van der Waals surface area contributed by atoms with Crippen LogP contribution in [0.25, 0.3) is 22.3 Å². The Balaban J connectivity index is 1.38. The first-order valence-electron chi connectivity index (χ1n) is 11.1. The molecule has 0 radical (unpaired) electrons. The van der Waals surface area contributed by atoms with Crippen LogP contribution in [0.1, 0.15) is 38.5 Å². The molecule has 1 atom stereocenters. The molecule has 1 aliphatic heterocycles. The predicted octanol–water partition coefficient (Wildman–Crippen LogP) is 3.65. The van der Waals surface area contributed by atoms with Crippen LogP contribution in [0.5, 0.6) is 0 Å². The van der Waals surface area contributed by atoms with Crippen molar-refractivity contribution in [3.63, 3.8) is 0 Å². The van der Waals surface area contributed by atoms with Crippen molar-refractivity contribution in [2.24, 2.45) is 0 Å². The van der Waals surface area contributed by atoms with Crippen LogP contribution in [0, 0.1) is 11.3 Å². The second-order valence-electron chi connectivity index (χ2n) is 8.54. The minimum absolute atomic E-state index is 0.114. The summed E-state index contributed by atoms with van der Waals surface area (Å²) in [5.41, 5.74) is 1.32. The van der Waals surface area contributed by atoms with Gasteiger partial charge in [0.05, 0.1) is 24.5 Å². The molecule has 2 N–H and O–H groups in total. The Morgan fingerprint density at radius 2 is 2.16 bits per heavy atom. The Morgan fingerprint density at radius 1 is 1.31 bits per heavy atom. The fourth-order valence-corrected chi connectivity index (χ4v) is 5.43. The number of amides is 1. The van der Waals surface area contributed by atoms with Crippen molar-refractivity contribution in [3.8, 4) is 17.5 Å². The standard InChI is InChI=1S/C23H26N6O2S/c24-15-23(9-3-4-10-23)26-20(30)14-32-22-28-27-21(29(22)13-16-6-5-11-31-16)18-12-25-19-8-2-1-7-17(18)19/h1-2,7-8,12,16,25H,3-6,9-11,13-14H2,(H,26,30)/t16-/m0/s1. The van der Waals surface area contributed by atoms with Gasteiger partial charge in [0.1, 0.15) is 5.54 Å². The molecule has 3 heterocycles. The summed E-state index contributed by atoms with van der Waals surface area (Å²) in [7, 11) is 0. The number of aromatic nitrogens is 4. The zero-order chi connectivity index (χ0) is 22.0. The van der Waals surface area contributed by atoms with Crippen molar-refractivity contribution in [2.45, 2.75) is 61.9 Å². The molecule has 5 rings (SSSR count). The molecular weight excluding hydrogens is 424 g/mol. The Hall–Kier alpha value is -2.83. The van der Waals surface area contributed by atoms with E-state index < -0.39 is 5.54 Å². The molecular formula is C23H26N6O2S. The molecule has 1 saturated carbocycles. The van der Waals surface area contributed by atoms with Crippen LogP contribution in [0.2, 0.25) is 0 Å². The number of thioether (sulfide) groups is 1. The summed E-state index contributed by atoms with van der Waals surface area (Å²) in [4.78, 5) is 15.9. The summed E-state index contributed by atoms with van der Waals surface area (Å²) in [5, 5.41) is 23.2. The SMILES string of the molecule is N#CC1(NC(=O)CSc2nnc(-c3c[nH]c4ccccc34)n2C[C@@H]2CCCO2)CCCC1. The highest BCUT2D eigenvalue weighted by atomic mass is 32.2. The van der Waals surface area contributed by atoms with Crippen LogP contribution in [-0.4, -0.2) is 49.7 Å². The van der Waals surface area contributed by atoms with Gasteiger partial charge in [-0.3, -0.25) is 9.36 Å². The van der Waals surface area contributed by atoms with E-state index in [0.29, 0.717) is 11.7 Å². The maximum atomic E-state index is 12.6. The molecule has 3 aromatic rings. The topological polar surface area (TPSA) is 109 Å². The molecule has 2 aliphatic rings. The molecule has 1 aromatic carbocycles. The molecule has 9 heteroatoms. The third-order valence-electron chi connectivity index (χ3n) is 6.34. The number of hydrogen-bond acceptors (Lipinski definition) is 6. The maximum Gasteiger partial charge on any atom is 0.231 e. The van der Waals surface area contributed by atoms with Gasteiger partial charge in [-0.1, -0.05) is 30.0 Å². The van der Waals surface area contributed by atoms with E-state index in [4.69, 9.17) is 4.74 Å². The summed E-state index contributed by atoms with van der Waals surface area (Å²) < 4.78 is 7.94. The third-order valence-corrected chi connectivity index (χ3v) is 7.31. The highest BCUT2D eigenvalue weighted by Crippen LogP contribution is 2.32. The monoisotopic (exact) mass is 450 g/mol. The van der Waals surface area contributed by atoms with Gasteiger partial charge in [0.25, 0.3) is 0 Å². The van der Waals surface area contributed by atoms with Crippen molar-refractivity contribution in [1.82, 2.24) is 25.1 Å². The number of nitriles is 1. The molecule has 8 nitrogen and oxygen atoms in total. The van der Waals surface area contributed by atoms with E-state index in [0.717, 1.165) is 67.4 Å². The molecule has 0 spiro atoms. The highest BCUT2D eigenvalue weighted by molar-refractivity contribution is 7.99. The van der Waals surface area contributed by atoms with Gasteiger partial charge in [-0.25, -0.2) is 0 Å². The first-order chi connectivity index (χ1) is 15.7.